The molecule has 4 heterocycles. The van der Waals surface area contributed by atoms with E-state index in [2.05, 4.69) is 20.2 Å². The number of carbonyl (C=O) groups excluding carboxylic acids is 1. The van der Waals surface area contributed by atoms with E-state index in [1.165, 1.54) is 0 Å². The minimum atomic E-state index is 0.129. The molecule has 1 N–H and O–H groups in total. The van der Waals surface area contributed by atoms with Crippen LogP contribution in [0.1, 0.15) is 25.7 Å². The van der Waals surface area contributed by atoms with Gasteiger partial charge in [-0.2, -0.15) is 0 Å². The molecule has 3 aliphatic rings. The lowest BCUT2D eigenvalue weighted by molar-refractivity contribution is -0.138. The normalized spacial score (nSPS) is 26.2. The van der Waals surface area contributed by atoms with Crippen LogP contribution in [0, 0.1) is 17.3 Å². The van der Waals surface area contributed by atoms with Gasteiger partial charge < -0.3 is 19.7 Å². The number of hydrogen-bond donors (Lipinski definition) is 1. The Balaban J connectivity index is 1.44. The van der Waals surface area contributed by atoms with Crippen LogP contribution in [-0.2, 0) is 14.3 Å². The highest BCUT2D eigenvalue weighted by Crippen LogP contribution is 2.44. The summed E-state index contributed by atoms with van der Waals surface area (Å²) < 4.78 is 11.0. The summed E-state index contributed by atoms with van der Waals surface area (Å²) in [6.45, 7) is 5.46. The minimum absolute atomic E-state index is 0.129. The highest BCUT2D eigenvalue weighted by molar-refractivity contribution is 5.79. The van der Waals surface area contributed by atoms with Crippen molar-refractivity contribution in [2.75, 3.05) is 51.4 Å². The molecule has 1 amide bonds. The Morgan fingerprint density at radius 3 is 2.58 bits per heavy atom. The molecule has 1 atom stereocenters. The van der Waals surface area contributed by atoms with E-state index in [9.17, 15) is 4.79 Å². The Labute approximate surface area is 154 Å². The van der Waals surface area contributed by atoms with Crippen molar-refractivity contribution >= 4 is 11.9 Å². The van der Waals surface area contributed by atoms with E-state index in [-0.39, 0.29) is 11.3 Å². The number of carbonyl (C=O) groups is 1. The van der Waals surface area contributed by atoms with Crippen molar-refractivity contribution in [2.24, 2.45) is 17.3 Å². The van der Waals surface area contributed by atoms with Gasteiger partial charge in [-0.3, -0.25) is 4.79 Å². The van der Waals surface area contributed by atoms with Crippen molar-refractivity contribution in [3.05, 3.63) is 18.5 Å². The number of ether oxygens (including phenoxy) is 2. The van der Waals surface area contributed by atoms with Crippen LogP contribution >= 0.6 is 0 Å². The number of rotatable bonds is 4. The fourth-order valence-corrected chi connectivity index (χ4v) is 4.63. The highest BCUT2D eigenvalue weighted by Gasteiger charge is 2.49. The van der Waals surface area contributed by atoms with E-state index in [4.69, 9.17) is 9.47 Å². The maximum atomic E-state index is 13.0. The maximum Gasteiger partial charge on any atom is 0.225 e. The molecule has 3 fully saturated rings. The van der Waals surface area contributed by atoms with Crippen molar-refractivity contribution in [3.8, 4) is 0 Å². The fourth-order valence-electron chi connectivity index (χ4n) is 4.63. The minimum Gasteiger partial charge on any atom is -0.381 e. The smallest absolute Gasteiger partial charge is 0.225 e. The molecule has 1 spiro atoms. The van der Waals surface area contributed by atoms with Gasteiger partial charge in [0, 0.05) is 70.3 Å². The van der Waals surface area contributed by atoms with Crippen molar-refractivity contribution in [1.82, 2.24) is 14.9 Å². The van der Waals surface area contributed by atoms with Crippen LogP contribution in [0.25, 0.3) is 0 Å². The van der Waals surface area contributed by atoms with E-state index in [1.54, 1.807) is 12.4 Å². The zero-order chi connectivity index (χ0) is 17.8. The first kappa shape index (κ1) is 17.7. The van der Waals surface area contributed by atoms with Gasteiger partial charge in [0.1, 0.15) is 0 Å². The molecule has 3 saturated heterocycles. The Hall–Kier alpha value is -1.73. The summed E-state index contributed by atoms with van der Waals surface area (Å²) in [5.74, 6) is 1.50. The van der Waals surface area contributed by atoms with Gasteiger partial charge in [0.2, 0.25) is 11.9 Å². The third kappa shape index (κ3) is 3.69. The second kappa shape index (κ2) is 7.88. The van der Waals surface area contributed by atoms with Gasteiger partial charge in [0.05, 0.1) is 0 Å². The molecule has 0 bridgehead atoms. The Morgan fingerprint density at radius 2 is 1.85 bits per heavy atom. The molecular formula is C19H28N4O3. The third-order valence-corrected chi connectivity index (χ3v) is 6.26. The zero-order valence-corrected chi connectivity index (χ0v) is 15.2. The van der Waals surface area contributed by atoms with E-state index < -0.39 is 0 Å². The standard InChI is InChI=1S/C19H28N4O3/c24-17(15-2-8-25-9-3-15)23-13-16(12-22-18-20-6-1-7-21-18)19(14-23)4-10-26-11-5-19/h1,6-7,15-16H,2-5,8-14H2,(H,20,21,22). The summed E-state index contributed by atoms with van der Waals surface area (Å²) in [7, 11) is 0. The summed E-state index contributed by atoms with van der Waals surface area (Å²) in [4.78, 5) is 23.7. The van der Waals surface area contributed by atoms with Crippen molar-refractivity contribution in [2.45, 2.75) is 25.7 Å². The fraction of sp³-hybridized carbons (Fsp3) is 0.737. The van der Waals surface area contributed by atoms with Gasteiger partial charge in [-0.25, -0.2) is 9.97 Å². The molecule has 7 heteroatoms. The molecule has 1 aromatic heterocycles. The monoisotopic (exact) mass is 360 g/mol. The van der Waals surface area contributed by atoms with Crippen molar-refractivity contribution in [3.63, 3.8) is 0 Å². The lowest BCUT2D eigenvalue weighted by Crippen LogP contribution is -2.41. The lowest BCUT2D eigenvalue weighted by Gasteiger charge is -2.38. The number of nitrogens with one attached hydrogen (secondary N) is 1. The second-order valence-corrected chi connectivity index (χ2v) is 7.73. The molecule has 142 valence electrons. The van der Waals surface area contributed by atoms with Gasteiger partial charge in [0.15, 0.2) is 0 Å². The first-order valence-electron chi connectivity index (χ1n) is 9.72. The molecule has 7 nitrogen and oxygen atoms in total. The summed E-state index contributed by atoms with van der Waals surface area (Å²) in [5.41, 5.74) is 0.154. The predicted molar refractivity (Wildman–Crippen MR) is 96.6 cm³/mol. The van der Waals surface area contributed by atoms with Crippen LogP contribution in [0.4, 0.5) is 5.95 Å². The van der Waals surface area contributed by atoms with Crippen LogP contribution in [0.3, 0.4) is 0 Å². The molecule has 0 saturated carbocycles. The first-order valence-corrected chi connectivity index (χ1v) is 9.72. The number of nitrogens with zero attached hydrogens (tertiary/aromatic N) is 3. The Bertz CT molecular complexity index is 600. The number of hydrogen-bond acceptors (Lipinski definition) is 6. The molecular weight excluding hydrogens is 332 g/mol. The lowest BCUT2D eigenvalue weighted by atomic mass is 9.72. The summed E-state index contributed by atoms with van der Waals surface area (Å²) in [5, 5.41) is 3.38. The summed E-state index contributed by atoms with van der Waals surface area (Å²) in [6.07, 6.45) is 7.24. The number of aromatic nitrogens is 2. The second-order valence-electron chi connectivity index (χ2n) is 7.73. The summed E-state index contributed by atoms with van der Waals surface area (Å²) >= 11 is 0. The van der Waals surface area contributed by atoms with Crippen LogP contribution in [0.5, 0.6) is 0 Å². The molecule has 1 unspecified atom stereocenters. The van der Waals surface area contributed by atoms with Crippen molar-refractivity contribution < 1.29 is 14.3 Å². The highest BCUT2D eigenvalue weighted by atomic mass is 16.5. The first-order chi connectivity index (χ1) is 12.8. The average molecular weight is 360 g/mol. The Morgan fingerprint density at radius 1 is 1.15 bits per heavy atom. The number of amides is 1. The number of anilines is 1. The molecule has 0 aromatic carbocycles. The maximum absolute atomic E-state index is 13.0. The van der Waals surface area contributed by atoms with Gasteiger partial charge in [-0.05, 0) is 37.2 Å². The molecule has 3 aliphatic heterocycles. The summed E-state index contributed by atoms with van der Waals surface area (Å²) in [6, 6.07) is 1.81. The number of likely N-dealkylation sites (tertiary alicyclic amines) is 1. The van der Waals surface area contributed by atoms with E-state index in [1.807, 2.05) is 6.07 Å². The Kier molecular flexibility index (Phi) is 5.36. The van der Waals surface area contributed by atoms with Crippen LogP contribution in [-0.4, -0.2) is 66.8 Å². The van der Waals surface area contributed by atoms with Crippen molar-refractivity contribution in [1.29, 1.82) is 0 Å². The predicted octanol–water partition coefficient (Wildman–Crippen LogP) is 1.57. The molecule has 0 aliphatic carbocycles. The topological polar surface area (TPSA) is 76.6 Å². The van der Waals surface area contributed by atoms with Crippen LogP contribution < -0.4 is 5.32 Å². The van der Waals surface area contributed by atoms with Gasteiger partial charge >= 0.3 is 0 Å². The van der Waals surface area contributed by atoms with Crippen LogP contribution in [0.2, 0.25) is 0 Å². The van der Waals surface area contributed by atoms with E-state index in [0.717, 1.165) is 58.5 Å². The van der Waals surface area contributed by atoms with E-state index >= 15 is 0 Å². The third-order valence-electron chi connectivity index (χ3n) is 6.26. The van der Waals surface area contributed by atoms with E-state index in [0.29, 0.717) is 31.0 Å². The SMILES string of the molecule is O=C(C1CCOCC1)N1CC(CNc2ncccn2)C2(CCOCC2)C1. The molecule has 26 heavy (non-hydrogen) atoms. The molecule has 4 rings (SSSR count). The zero-order valence-electron chi connectivity index (χ0n) is 15.2. The largest absolute Gasteiger partial charge is 0.381 e. The van der Waals surface area contributed by atoms with Gasteiger partial charge in [-0.1, -0.05) is 0 Å². The molecule has 1 aromatic rings. The molecule has 0 radical (unpaired) electrons. The van der Waals surface area contributed by atoms with Gasteiger partial charge in [-0.15, -0.1) is 0 Å². The quantitative estimate of drug-likeness (QED) is 0.878. The van der Waals surface area contributed by atoms with Gasteiger partial charge in [0.25, 0.3) is 0 Å². The van der Waals surface area contributed by atoms with Crippen LogP contribution in [0.15, 0.2) is 18.5 Å². The average Bonchev–Trinajstić information content (AvgIpc) is 3.05.